The SMILES string of the molecule is Cc1cc2[nH]c3c(c2cc1C)CCNC3C(=O)O. The smallest absolute Gasteiger partial charge is 0.326 e. The number of hydrogen-bond donors (Lipinski definition) is 3. The highest BCUT2D eigenvalue weighted by atomic mass is 16.4. The van der Waals surface area contributed by atoms with Crippen molar-refractivity contribution in [3.05, 3.63) is 34.5 Å². The Morgan fingerprint density at radius 1 is 1.33 bits per heavy atom. The molecule has 0 saturated carbocycles. The second-order valence-corrected chi connectivity index (χ2v) is 4.97. The number of hydrogen-bond acceptors (Lipinski definition) is 2. The first-order valence-electron chi connectivity index (χ1n) is 6.16. The molecule has 2 heterocycles. The Bertz CT molecular complexity index is 643. The number of benzene rings is 1. The Kier molecular flexibility index (Phi) is 2.41. The third-order valence-corrected chi connectivity index (χ3v) is 3.81. The molecule has 3 rings (SSSR count). The number of aromatic nitrogens is 1. The lowest BCUT2D eigenvalue weighted by molar-refractivity contribution is -0.139. The van der Waals surface area contributed by atoms with E-state index < -0.39 is 12.0 Å². The van der Waals surface area contributed by atoms with Gasteiger partial charge in [0, 0.05) is 23.1 Å². The topological polar surface area (TPSA) is 65.1 Å². The molecule has 0 bridgehead atoms. The molecular formula is C14H16N2O2. The lowest BCUT2D eigenvalue weighted by atomic mass is 9.97. The molecule has 2 aromatic rings. The average molecular weight is 244 g/mol. The number of nitrogens with one attached hydrogen (secondary N) is 2. The van der Waals surface area contributed by atoms with Crippen LogP contribution >= 0.6 is 0 Å². The summed E-state index contributed by atoms with van der Waals surface area (Å²) in [5, 5.41) is 13.4. The molecule has 1 aromatic heterocycles. The van der Waals surface area contributed by atoms with Crippen LogP contribution in [0, 0.1) is 13.8 Å². The predicted molar refractivity (Wildman–Crippen MR) is 69.9 cm³/mol. The zero-order valence-electron chi connectivity index (χ0n) is 10.5. The summed E-state index contributed by atoms with van der Waals surface area (Å²) in [6.45, 7) is 4.87. The Balaban J connectivity index is 2.27. The van der Waals surface area contributed by atoms with E-state index in [2.05, 4.69) is 36.3 Å². The van der Waals surface area contributed by atoms with E-state index in [1.165, 1.54) is 16.5 Å². The lowest BCUT2D eigenvalue weighted by Crippen LogP contribution is -2.34. The number of aryl methyl sites for hydroxylation is 2. The van der Waals surface area contributed by atoms with Crippen LogP contribution in [-0.4, -0.2) is 22.6 Å². The number of aliphatic carboxylic acids is 1. The molecule has 1 unspecified atom stereocenters. The van der Waals surface area contributed by atoms with Gasteiger partial charge in [0.2, 0.25) is 0 Å². The molecule has 1 aliphatic rings. The molecule has 4 nitrogen and oxygen atoms in total. The van der Waals surface area contributed by atoms with Crippen LogP contribution in [-0.2, 0) is 11.2 Å². The monoisotopic (exact) mass is 244 g/mol. The normalized spacial score (nSPS) is 18.9. The number of carboxylic acids is 1. The van der Waals surface area contributed by atoms with Crippen molar-refractivity contribution in [2.75, 3.05) is 6.54 Å². The van der Waals surface area contributed by atoms with Crippen LogP contribution in [0.15, 0.2) is 12.1 Å². The van der Waals surface area contributed by atoms with Crippen molar-refractivity contribution in [2.24, 2.45) is 0 Å². The summed E-state index contributed by atoms with van der Waals surface area (Å²) in [5.74, 6) is -0.823. The molecule has 4 heteroatoms. The molecule has 1 aromatic carbocycles. The van der Waals surface area contributed by atoms with Gasteiger partial charge in [0.1, 0.15) is 6.04 Å². The van der Waals surface area contributed by atoms with Gasteiger partial charge in [-0.05, 0) is 49.1 Å². The first-order chi connectivity index (χ1) is 8.58. The van der Waals surface area contributed by atoms with Gasteiger partial charge in [-0.15, -0.1) is 0 Å². The molecule has 1 aliphatic heterocycles. The molecule has 0 aliphatic carbocycles. The Morgan fingerprint density at radius 3 is 2.78 bits per heavy atom. The van der Waals surface area contributed by atoms with Crippen molar-refractivity contribution in [2.45, 2.75) is 26.3 Å². The van der Waals surface area contributed by atoms with Crippen molar-refractivity contribution >= 4 is 16.9 Å². The molecule has 1 atom stereocenters. The molecular weight excluding hydrogens is 228 g/mol. The number of H-pyrrole nitrogens is 1. The number of rotatable bonds is 1. The van der Waals surface area contributed by atoms with Crippen LogP contribution < -0.4 is 5.32 Å². The molecule has 3 N–H and O–H groups in total. The van der Waals surface area contributed by atoms with E-state index in [9.17, 15) is 9.90 Å². The summed E-state index contributed by atoms with van der Waals surface area (Å²) >= 11 is 0. The van der Waals surface area contributed by atoms with Crippen LogP contribution in [0.5, 0.6) is 0 Å². The van der Waals surface area contributed by atoms with E-state index in [-0.39, 0.29) is 0 Å². The van der Waals surface area contributed by atoms with Crippen LogP contribution in [0.25, 0.3) is 10.9 Å². The van der Waals surface area contributed by atoms with Gasteiger partial charge in [0.25, 0.3) is 0 Å². The highest BCUT2D eigenvalue weighted by Crippen LogP contribution is 2.31. The Labute approximate surface area is 105 Å². The van der Waals surface area contributed by atoms with Gasteiger partial charge < -0.3 is 10.1 Å². The summed E-state index contributed by atoms with van der Waals surface area (Å²) in [5.41, 5.74) is 5.47. The minimum Gasteiger partial charge on any atom is -0.480 e. The maximum Gasteiger partial charge on any atom is 0.326 e. The van der Waals surface area contributed by atoms with Gasteiger partial charge in [0.15, 0.2) is 0 Å². The van der Waals surface area contributed by atoms with E-state index in [1.807, 2.05) is 0 Å². The third-order valence-electron chi connectivity index (χ3n) is 3.81. The number of fused-ring (bicyclic) bond motifs is 3. The van der Waals surface area contributed by atoms with E-state index in [4.69, 9.17) is 0 Å². The quantitative estimate of drug-likeness (QED) is 0.719. The minimum atomic E-state index is -0.823. The highest BCUT2D eigenvalue weighted by molar-refractivity contribution is 5.89. The largest absolute Gasteiger partial charge is 0.480 e. The molecule has 18 heavy (non-hydrogen) atoms. The fourth-order valence-corrected chi connectivity index (χ4v) is 2.70. The molecule has 0 saturated heterocycles. The van der Waals surface area contributed by atoms with E-state index in [0.29, 0.717) is 6.54 Å². The van der Waals surface area contributed by atoms with Crippen LogP contribution in [0.2, 0.25) is 0 Å². The zero-order valence-corrected chi connectivity index (χ0v) is 10.5. The van der Waals surface area contributed by atoms with E-state index in [1.54, 1.807) is 0 Å². The van der Waals surface area contributed by atoms with Crippen molar-refractivity contribution in [3.63, 3.8) is 0 Å². The van der Waals surface area contributed by atoms with Crippen molar-refractivity contribution in [1.29, 1.82) is 0 Å². The van der Waals surface area contributed by atoms with Crippen LogP contribution in [0.4, 0.5) is 0 Å². The second-order valence-electron chi connectivity index (χ2n) is 4.97. The Hall–Kier alpha value is -1.81. The van der Waals surface area contributed by atoms with Crippen LogP contribution in [0.1, 0.15) is 28.4 Å². The van der Waals surface area contributed by atoms with E-state index >= 15 is 0 Å². The summed E-state index contributed by atoms with van der Waals surface area (Å²) in [6, 6.07) is 3.65. The minimum absolute atomic E-state index is 0.609. The summed E-state index contributed by atoms with van der Waals surface area (Å²) < 4.78 is 0. The molecule has 0 radical (unpaired) electrons. The molecule has 94 valence electrons. The van der Waals surface area contributed by atoms with Gasteiger partial charge in [0.05, 0.1) is 0 Å². The first kappa shape index (κ1) is 11.3. The number of aromatic amines is 1. The first-order valence-corrected chi connectivity index (χ1v) is 6.16. The fraction of sp³-hybridized carbons (Fsp3) is 0.357. The van der Waals surface area contributed by atoms with E-state index in [0.717, 1.165) is 23.2 Å². The van der Waals surface area contributed by atoms with Crippen molar-refractivity contribution < 1.29 is 9.90 Å². The third kappa shape index (κ3) is 1.53. The molecule has 0 spiro atoms. The average Bonchev–Trinajstić information content (AvgIpc) is 2.67. The summed E-state index contributed by atoms with van der Waals surface area (Å²) in [6.07, 6.45) is 0.877. The van der Waals surface area contributed by atoms with Gasteiger partial charge in [-0.3, -0.25) is 10.1 Å². The van der Waals surface area contributed by atoms with Crippen molar-refractivity contribution in [1.82, 2.24) is 10.3 Å². The highest BCUT2D eigenvalue weighted by Gasteiger charge is 2.28. The fourth-order valence-electron chi connectivity index (χ4n) is 2.70. The van der Waals surface area contributed by atoms with Gasteiger partial charge >= 0.3 is 5.97 Å². The van der Waals surface area contributed by atoms with Gasteiger partial charge in [-0.25, -0.2) is 0 Å². The molecule has 0 fully saturated rings. The maximum atomic E-state index is 11.2. The lowest BCUT2D eigenvalue weighted by Gasteiger charge is -2.20. The maximum absolute atomic E-state index is 11.2. The van der Waals surface area contributed by atoms with Crippen LogP contribution in [0.3, 0.4) is 0 Å². The standard InChI is InChI=1S/C14H16N2O2/c1-7-5-10-9-3-4-15-13(14(17)18)12(9)16-11(10)6-8(7)2/h5-6,13,15-16H,3-4H2,1-2H3,(H,17,18). The second kappa shape index (κ2) is 3.85. The zero-order chi connectivity index (χ0) is 12.9. The summed E-state index contributed by atoms with van der Waals surface area (Å²) in [7, 11) is 0. The van der Waals surface area contributed by atoms with Gasteiger partial charge in [-0.2, -0.15) is 0 Å². The van der Waals surface area contributed by atoms with Gasteiger partial charge in [-0.1, -0.05) is 0 Å². The predicted octanol–water partition coefficient (Wildman–Crippen LogP) is 2.06. The number of carboxylic acid groups (broad SMARTS) is 1. The van der Waals surface area contributed by atoms with Crippen molar-refractivity contribution in [3.8, 4) is 0 Å². The number of carbonyl (C=O) groups is 1. The summed E-state index contributed by atoms with van der Waals surface area (Å²) in [4.78, 5) is 14.5. The molecule has 0 amide bonds. The Morgan fingerprint density at radius 2 is 2.06 bits per heavy atom.